The van der Waals surface area contributed by atoms with Crippen LogP contribution in [-0.4, -0.2) is 21.1 Å². The monoisotopic (exact) mass is 342 g/mol. The number of hydrogen-bond acceptors (Lipinski definition) is 2. The van der Waals surface area contributed by atoms with Gasteiger partial charge in [0.2, 0.25) is 0 Å². The molecule has 23 heavy (non-hydrogen) atoms. The number of hydrogen-bond donors (Lipinski definition) is 3. The third-order valence-corrected chi connectivity index (χ3v) is 5.09. The average Bonchev–Trinajstić information content (AvgIpc) is 2.32. The normalized spacial score (nSPS) is 14.8. The molecule has 1 aromatic rings. The van der Waals surface area contributed by atoms with Gasteiger partial charge in [-0.2, -0.15) is 0 Å². The van der Waals surface area contributed by atoms with Crippen LogP contribution in [0.25, 0.3) is 0 Å². The molecule has 0 amide bonds. The van der Waals surface area contributed by atoms with Crippen LogP contribution in [0, 0.1) is 0 Å². The lowest BCUT2D eigenvalue weighted by Crippen LogP contribution is -2.19. The van der Waals surface area contributed by atoms with Gasteiger partial charge in [-0.1, -0.05) is 60.6 Å². The zero-order chi connectivity index (χ0) is 18.2. The highest BCUT2D eigenvalue weighted by Gasteiger charge is 2.29. The molecule has 0 radical (unpaired) electrons. The maximum absolute atomic E-state index is 11.4. The Morgan fingerprint density at radius 2 is 1.39 bits per heavy atom. The Kier molecular flexibility index (Phi) is 5.79. The van der Waals surface area contributed by atoms with Gasteiger partial charge in [0.25, 0.3) is 0 Å². The van der Waals surface area contributed by atoms with Crippen LogP contribution < -0.4 is 0 Å². The van der Waals surface area contributed by atoms with E-state index >= 15 is 0 Å². The van der Waals surface area contributed by atoms with E-state index in [1.54, 1.807) is 0 Å². The molecule has 0 spiro atoms. The highest BCUT2D eigenvalue weighted by molar-refractivity contribution is 7.51. The molecule has 0 fully saturated rings. The van der Waals surface area contributed by atoms with Gasteiger partial charge in [-0.15, -0.1) is 0 Å². The Morgan fingerprint density at radius 1 is 1.00 bits per heavy atom. The molecule has 0 aliphatic carbocycles. The van der Waals surface area contributed by atoms with Crippen molar-refractivity contribution in [3.05, 3.63) is 28.8 Å². The number of benzene rings is 1. The van der Waals surface area contributed by atoms with Crippen LogP contribution in [0.5, 0.6) is 5.75 Å². The lowest BCUT2D eigenvalue weighted by atomic mass is 9.77. The molecule has 132 valence electrons. The quantitative estimate of drug-likeness (QED) is 0.696. The summed E-state index contributed by atoms with van der Waals surface area (Å²) in [5.41, 5.74) is 2.04. The summed E-state index contributed by atoms with van der Waals surface area (Å²) in [6.45, 7) is 14.1. The Hall–Kier alpha value is -0.830. The Labute approximate surface area is 140 Å². The standard InChI is InChI=1S/C18H31O4P/c1-8-12(11-23(20,21)22)13-9-14(17(2,3)4)16(19)15(10-13)18(5,6)7/h9-10,12,19H,8,11H2,1-7H3,(H2,20,21,22). The van der Waals surface area contributed by atoms with Crippen molar-refractivity contribution in [3.63, 3.8) is 0 Å². The Balaban J connectivity index is 3.58. The first-order chi connectivity index (χ1) is 10.2. The summed E-state index contributed by atoms with van der Waals surface area (Å²) >= 11 is 0. The molecular formula is C18H31O4P. The molecule has 1 aromatic carbocycles. The molecule has 0 saturated carbocycles. The minimum Gasteiger partial charge on any atom is -0.507 e. The third-order valence-electron chi connectivity index (χ3n) is 4.17. The number of aromatic hydroxyl groups is 1. The van der Waals surface area contributed by atoms with Crippen molar-refractivity contribution in [1.82, 2.24) is 0 Å². The highest BCUT2D eigenvalue weighted by Crippen LogP contribution is 2.45. The van der Waals surface area contributed by atoms with E-state index < -0.39 is 7.60 Å². The predicted octanol–water partition coefficient (Wildman–Crippen LogP) is 4.66. The second-order valence-electron chi connectivity index (χ2n) is 8.42. The molecule has 1 atom stereocenters. The summed E-state index contributed by atoms with van der Waals surface area (Å²) < 4.78 is 11.4. The zero-order valence-electron chi connectivity index (χ0n) is 15.3. The molecule has 1 rings (SSSR count). The summed E-state index contributed by atoms with van der Waals surface area (Å²) in [6.07, 6.45) is 0.477. The first-order valence-corrected chi connectivity index (χ1v) is 9.89. The van der Waals surface area contributed by atoms with E-state index in [1.807, 2.05) is 60.6 Å². The smallest absolute Gasteiger partial charge is 0.326 e. The number of rotatable bonds is 4. The van der Waals surface area contributed by atoms with Crippen molar-refractivity contribution in [1.29, 1.82) is 0 Å². The molecule has 4 nitrogen and oxygen atoms in total. The van der Waals surface area contributed by atoms with Crippen molar-refractivity contribution >= 4 is 7.60 Å². The van der Waals surface area contributed by atoms with Gasteiger partial charge in [-0.05, 0) is 39.9 Å². The molecule has 0 saturated heterocycles. The van der Waals surface area contributed by atoms with Crippen LogP contribution in [0.3, 0.4) is 0 Å². The van der Waals surface area contributed by atoms with Gasteiger partial charge in [0.05, 0.1) is 6.16 Å². The van der Waals surface area contributed by atoms with Crippen molar-refractivity contribution in [2.24, 2.45) is 0 Å². The summed E-state index contributed by atoms with van der Waals surface area (Å²) in [4.78, 5) is 18.7. The van der Waals surface area contributed by atoms with E-state index in [0.29, 0.717) is 12.2 Å². The van der Waals surface area contributed by atoms with Gasteiger partial charge in [0, 0.05) is 0 Å². The van der Waals surface area contributed by atoms with Crippen LogP contribution >= 0.6 is 7.60 Å². The lowest BCUT2D eigenvalue weighted by Gasteiger charge is -2.30. The second-order valence-corrected chi connectivity index (χ2v) is 10.1. The van der Waals surface area contributed by atoms with Crippen LogP contribution in [0.1, 0.15) is 77.5 Å². The van der Waals surface area contributed by atoms with Gasteiger partial charge in [-0.25, -0.2) is 0 Å². The van der Waals surface area contributed by atoms with Crippen molar-refractivity contribution in [3.8, 4) is 5.75 Å². The van der Waals surface area contributed by atoms with E-state index in [0.717, 1.165) is 16.7 Å². The summed E-state index contributed by atoms with van der Waals surface area (Å²) in [5.74, 6) is 0.0680. The van der Waals surface area contributed by atoms with E-state index in [2.05, 4.69) is 0 Å². The summed E-state index contributed by atoms with van der Waals surface area (Å²) in [5, 5.41) is 10.7. The maximum atomic E-state index is 11.4. The van der Waals surface area contributed by atoms with Crippen molar-refractivity contribution < 1.29 is 19.5 Å². The molecular weight excluding hydrogens is 311 g/mol. The molecule has 0 heterocycles. The molecule has 3 N–H and O–H groups in total. The molecule has 1 unspecified atom stereocenters. The molecule has 5 heteroatoms. The minimum atomic E-state index is -4.09. The average molecular weight is 342 g/mol. The first kappa shape index (κ1) is 20.2. The van der Waals surface area contributed by atoms with Crippen LogP contribution in [-0.2, 0) is 15.4 Å². The lowest BCUT2D eigenvalue weighted by molar-refractivity contribution is 0.368. The molecule has 0 bridgehead atoms. The fourth-order valence-corrected chi connectivity index (χ4v) is 3.84. The Bertz CT molecular complexity index is 567. The van der Waals surface area contributed by atoms with Gasteiger partial charge in [0.1, 0.15) is 5.75 Å². The SMILES string of the molecule is CCC(CP(=O)(O)O)c1cc(C(C)(C)C)c(O)c(C(C)(C)C)c1. The van der Waals surface area contributed by atoms with Gasteiger partial charge < -0.3 is 14.9 Å². The van der Waals surface area contributed by atoms with Crippen LogP contribution in [0.2, 0.25) is 0 Å². The minimum absolute atomic E-state index is 0.165. The van der Waals surface area contributed by atoms with E-state index in [9.17, 15) is 19.5 Å². The van der Waals surface area contributed by atoms with Gasteiger partial charge in [0.15, 0.2) is 0 Å². The van der Waals surface area contributed by atoms with E-state index in [1.165, 1.54) is 0 Å². The third kappa shape index (κ3) is 5.34. The van der Waals surface area contributed by atoms with Crippen molar-refractivity contribution in [2.45, 2.75) is 71.6 Å². The van der Waals surface area contributed by atoms with Gasteiger partial charge in [-0.3, -0.25) is 4.57 Å². The maximum Gasteiger partial charge on any atom is 0.326 e. The molecule has 0 aromatic heterocycles. The van der Waals surface area contributed by atoms with Crippen molar-refractivity contribution in [2.75, 3.05) is 6.16 Å². The summed E-state index contributed by atoms with van der Waals surface area (Å²) in [6, 6.07) is 3.82. The topological polar surface area (TPSA) is 77.8 Å². The van der Waals surface area contributed by atoms with E-state index in [4.69, 9.17) is 0 Å². The van der Waals surface area contributed by atoms with Gasteiger partial charge >= 0.3 is 7.60 Å². The van der Waals surface area contributed by atoms with E-state index in [-0.39, 0.29) is 22.9 Å². The first-order valence-electron chi connectivity index (χ1n) is 8.09. The number of phenolic OH excluding ortho intramolecular Hbond substituents is 1. The number of phenols is 1. The Morgan fingerprint density at radius 3 is 1.65 bits per heavy atom. The molecule has 0 aliphatic rings. The largest absolute Gasteiger partial charge is 0.507 e. The molecule has 0 aliphatic heterocycles. The summed E-state index contributed by atoms with van der Waals surface area (Å²) in [7, 11) is -4.09. The van der Waals surface area contributed by atoms with Crippen LogP contribution in [0.4, 0.5) is 0 Å². The highest BCUT2D eigenvalue weighted by atomic mass is 31.2. The fraction of sp³-hybridized carbons (Fsp3) is 0.667. The zero-order valence-corrected chi connectivity index (χ0v) is 16.2. The predicted molar refractivity (Wildman–Crippen MR) is 95.4 cm³/mol. The second kappa shape index (κ2) is 6.58. The van der Waals surface area contributed by atoms with Crippen LogP contribution in [0.15, 0.2) is 12.1 Å². The fourth-order valence-electron chi connectivity index (χ4n) is 2.79.